The highest BCUT2D eigenvalue weighted by atomic mass is 35.5. The number of anilines is 1. The van der Waals surface area contributed by atoms with Gasteiger partial charge in [0.1, 0.15) is 0 Å². The second-order valence-electron chi connectivity index (χ2n) is 6.05. The number of benzene rings is 2. The molecule has 0 saturated heterocycles. The zero-order valence-corrected chi connectivity index (χ0v) is 19.1. The van der Waals surface area contributed by atoms with Gasteiger partial charge in [-0.1, -0.05) is 11.6 Å². The Morgan fingerprint density at radius 2 is 1.61 bits per heavy atom. The number of nitrogens with zero attached hydrogens (tertiary/aromatic N) is 1. The Morgan fingerprint density at radius 3 is 2.10 bits per heavy atom. The van der Waals surface area contributed by atoms with Crippen LogP contribution in [0.1, 0.15) is 17.3 Å². The minimum Gasteiger partial charge on any atom is -0.493 e. The molecule has 2 rings (SSSR count). The fourth-order valence-electron chi connectivity index (χ4n) is 2.70. The maximum absolute atomic E-state index is 13.1. The summed E-state index contributed by atoms with van der Waals surface area (Å²) in [6.07, 6.45) is -0.716. The molecule has 166 valence electrons. The molecular formula is C21H23ClN2O6S. The van der Waals surface area contributed by atoms with Gasteiger partial charge >= 0.3 is 6.09 Å². The van der Waals surface area contributed by atoms with E-state index in [9.17, 15) is 9.59 Å². The van der Waals surface area contributed by atoms with Crippen LogP contribution in [0.15, 0.2) is 36.4 Å². The van der Waals surface area contributed by atoms with E-state index in [0.29, 0.717) is 33.5 Å². The molecule has 0 spiro atoms. The van der Waals surface area contributed by atoms with E-state index in [2.05, 4.69) is 5.32 Å². The average Bonchev–Trinajstić information content (AvgIpc) is 2.76. The first-order valence-corrected chi connectivity index (χ1v) is 9.97. The van der Waals surface area contributed by atoms with Crippen molar-refractivity contribution >= 4 is 46.5 Å². The van der Waals surface area contributed by atoms with E-state index in [0.717, 1.165) is 0 Å². The largest absolute Gasteiger partial charge is 0.493 e. The van der Waals surface area contributed by atoms with Crippen molar-refractivity contribution in [2.45, 2.75) is 6.92 Å². The predicted molar refractivity (Wildman–Crippen MR) is 122 cm³/mol. The zero-order valence-electron chi connectivity index (χ0n) is 17.6. The Morgan fingerprint density at radius 1 is 1.03 bits per heavy atom. The maximum Gasteiger partial charge on any atom is 0.413 e. The second-order valence-corrected chi connectivity index (χ2v) is 6.87. The van der Waals surface area contributed by atoms with Crippen LogP contribution in [0, 0.1) is 0 Å². The van der Waals surface area contributed by atoms with Crippen molar-refractivity contribution < 1.29 is 28.5 Å². The molecule has 0 heterocycles. The van der Waals surface area contributed by atoms with E-state index in [-0.39, 0.29) is 24.0 Å². The molecule has 0 bridgehead atoms. The molecule has 8 nitrogen and oxygen atoms in total. The summed E-state index contributed by atoms with van der Waals surface area (Å²) in [4.78, 5) is 26.4. The number of carbonyl (C=O) groups is 2. The second kappa shape index (κ2) is 11.4. The summed E-state index contributed by atoms with van der Waals surface area (Å²) in [5.41, 5.74) is 0.874. The molecule has 0 radical (unpaired) electrons. The standard InChI is InChI=1S/C21H23ClN2O6S/c1-5-30-21(26)23-20(31)24(15-8-6-14(22)7-9-15)12-16(25)13-10-17(27-2)19(29-4)18(11-13)28-3/h6-11H,5,12H2,1-4H3,(H,23,26,31). The van der Waals surface area contributed by atoms with Crippen molar-refractivity contribution in [3.63, 3.8) is 0 Å². The van der Waals surface area contributed by atoms with E-state index in [1.807, 2.05) is 0 Å². The van der Waals surface area contributed by atoms with E-state index < -0.39 is 6.09 Å². The van der Waals surface area contributed by atoms with Gasteiger partial charge in [0.2, 0.25) is 5.75 Å². The highest BCUT2D eigenvalue weighted by Gasteiger charge is 2.22. The monoisotopic (exact) mass is 466 g/mol. The summed E-state index contributed by atoms with van der Waals surface area (Å²) >= 11 is 11.3. The molecule has 0 atom stereocenters. The van der Waals surface area contributed by atoms with Crippen molar-refractivity contribution in [2.75, 3.05) is 39.4 Å². The van der Waals surface area contributed by atoms with Crippen molar-refractivity contribution in [3.8, 4) is 17.2 Å². The topological polar surface area (TPSA) is 86.3 Å². The molecule has 0 aliphatic heterocycles. The van der Waals surface area contributed by atoms with Crippen LogP contribution in [0.3, 0.4) is 0 Å². The smallest absolute Gasteiger partial charge is 0.413 e. The van der Waals surface area contributed by atoms with Gasteiger partial charge in [-0.2, -0.15) is 0 Å². The summed E-state index contributed by atoms with van der Waals surface area (Å²) in [5, 5.41) is 2.97. The number of nitrogens with one attached hydrogen (secondary N) is 1. The minimum atomic E-state index is -0.716. The number of ether oxygens (including phenoxy) is 4. The molecule has 0 saturated carbocycles. The van der Waals surface area contributed by atoms with Gasteiger partial charge in [0.05, 0.1) is 34.5 Å². The van der Waals surface area contributed by atoms with Gasteiger partial charge in [-0.25, -0.2) is 4.79 Å². The number of hydrogen-bond acceptors (Lipinski definition) is 7. The number of rotatable bonds is 8. The molecule has 0 aliphatic rings. The number of hydrogen-bond donors (Lipinski definition) is 1. The number of methoxy groups -OCH3 is 3. The first kappa shape index (κ1) is 24.2. The van der Waals surface area contributed by atoms with Crippen molar-refractivity contribution in [3.05, 3.63) is 47.0 Å². The van der Waals surface area contributed by atoms with Gasteiger partial charge in [0, 0.05) is 16.3 Å². The highest BCUT2D eigenvalue weighted by molar-refractivity contribution is 7.80. The van der Waals surface area contributed by atoms with Gasteiger partial charge in [-0.3, -0.25) is 10.1 Å². The Labute approximate surface area is 191 Å². The lowest BCUT2D eigenvalue weighted by atomic mass is 10.1. The van der Waals surface area contributed by atoms with Crippen molar-refractivity contribution in [1.82, 2.24) is 5.32 Å². The lowest BCUT2D eigenvalue weighted by Gasteiger charge is -2.25. The maximum atomic E-state index is 13.1. The number of ketones is 1. The summed E-state index contributed by atoms with van der Waals surface area (Å²) in [6.45, 7) is 1.68. The quantitative estimate of drug-likeness (QED) is 0.460. The Kier molecular flexibility index (Phi) is 8.89. The number of Topliss-reactive ketones (excluding diaryl/α,β-unsaturated/α-hetero) is 1. The third-order valence-electron chi connectivity index (χ3n) is 4.16. The van der Waals surface area contributed by atoms with E-state index >= 15 is 0 Å². The third-order valence-corrected chi connectivity index (χ3v) is 4.73. The van der Waals surface area contributed by atoms with Crippen LogP contribution in [0.2, 0.25) is 5.02 Å². The van der Waals surface area contributed by atoms with Crippen LogP contribution in [0.25, 0.3) is 0 Å². The first-order chi connectivity index (χ1) is 14.8. The number of thiocarbonyl (C=S) groups is 1. The predicted octanol–water partition coefficient (Wildman–Crippen LogP) is 4.09. The SMILES string of the molecule is CCOC(=O)NC(=S)N(CC(=O)c1cc(OC)c(OC)c(OC)c1)c1ccc(Cl)cc1. The molecule has 0 aromatic heterocycles. The normalized spacial score (nSPS) is 10.1. The average molecular weight is 467 g/mol. The van der Waals surface area contributed by atoms with Gasteiger partial charge < -0.3 is 23.8 Å². The number of carbonyl (C=O) groups excluding carboxylic acids is 2. The molecular weight excluding hydrogens is 444 g/mol. The fourth-order valence-corrected chi connectivity index (χ4v) is 3.08. The van der Waals surface area contributed by atoms with E-state index in [1.165, 1.54) is 26.2 Å². The molecule has 10 heteroatoms. The molecule has 0 unspecified atom stereocenters. The van der Waals surface area contributed by atoms with Gasteiger partial charge in [0.15, 0.2) is 22.4 Å². The van der Waals surface area contributed by atoms with Gasteiger partial charge in [0.25, 0.3) is 0 Å². The first-order valence-electron chi connectivity index (χ1n) is 9.18. The molecule has 2 aromatic carbocycles. The van der Waals surface area contributed by atoms with Gasteiger partial charge in [-0.05, 0) is 55.5 Å². The Hall–Kier alpha value is -3.04. The molecule has 1 N–H and O–H groups in total. The number of halogens is 1. The van der Waals surface area contributed by atoms with E-state index in [4.69, 9.17) is 42.8 Å². The number of alkyl carbamates (subject to hydrolysis) is 1. The van der Waals surface area contributed by atoms with Crippen LogP contribution in [-0.4, -0.2) is 51.5 Å². The van der Waals surface area contributed by atoms with Crippen LogP contribution >= 0.6 is 23.8 Å². The zero-order chi connectivity index (χ0) is 23.0. The summed E-state index contributed by atoms with van der Waals surface area (Å²) in [7, 11) is 4.40. The minimum absolute atomic E-state index is 0.00145. The summed E-state index contributed by atoms with van der Waals surface area (Å²) in [6, 6.07) is 9.77. The number of amides is 1. The van der Waals surface area contributed by atoms with Gasteiger partial charge in [-0.15, -0.1) is 0 Å². The van der Waals surface area contributed by atoms with Crippen molar-refractivity contribution in [1.29, 1.82) is 0 Å². The molecule has 2 aromatic rings. The summed E-state index contributed by atoms with van der Waals surface area (Å²) < 4.78 is 20.8. The molecule has 31 heavy (non-hydrogen) atoms. The highest BCUT2D eigenvalue weighted by Crippen LogP contribution is 2.38. The van der Waals surface area contributed by atoms with Crippen molar-refractivity contribution in [2.24, 2.45) is 0 Å². The molecule has 0 aliphatic carbocycles. The van der Waals surface area contributed by atoms with Crippen LogP contribution in [0.4, 0.5) is 10.5 Å². The Bertz CT molecular complexity index is 926. The van der Waals surface area contributed by atoms with E-state index in [1.54, 1.807) is 43.3 Å². The molecule has 1 amide bonds. The Balaban J connectivity index is 2.37. The lowest BCUT2D eigenvalue weighted by molar-refractivity contribution is 0.100. The molecule has 0 fully saturated rings. The fraction of sp³-hybridized carbons (Fsp3) is 0.286. The van der Waals surface area contributed by atoms with Crippen LogP contribution in [-0.2, 0) is 4.74 Å². The third kappa shape index (κ3) is 6.22. The van der Waals surface area contributed by atoms with Crippen LogP contribution in [0.5, 0.6) is 17.2 Å². The van der Waals surface area contributed by atoms with Crippen LogP contribution < -0.4 is 24.4 Å². The lowest BCUT2D eigenvalue weighted by Crippen LogP contribution is -2.45. The summed E-state index contributed by atoms with van der Waals surface area (Å²) in [5.74, 6) is 0.753.